The molecule has 3 N–H and O–H groups in total. The van der Waals surface area contributed by atoms with E-state index in [0.717, 1.165) is 4.90 Å². The van der Waals surface area contributed by atoms with Crippen LogP contribution in [0.25, 0.3) is 11.0 Å². The van der Waals surface area contributed by atoms with Gasteiger partial charge in [-0.25, -0.2) is 18.4 Å². The van der Waals surface area contributed by atoms with Gasteiger partial charge in [0.1, 0.15) is 29.5 Å². The van der Waals surface area contributed by atoms with E-state index in [1.807, 2.05) is 6.08 Å². The highest BCUT2D eigenvalue weighted by atomic mass is 32.2. The lowest BCUT2D eigenvalue weighted by Gasteiger charge is -2.30. The topological polar surface area (TPSA) is 203 Å². The predicted molar refractivity (Wildman–Crippen MR) is 192 cm³/mol. The summed E-state index contributed by atoms with van der Waals surface area (Å²) in [5, 5.41) is 9.27. The molecule has 5 atom stereocenters. The summed E-state index contributed by atoms with van der Waals surface area (Å²) < 4.78 is 81.2. The predicted octanol–water partition coefficient (Wildman–Crippen LogP) is 3.79. The van der Waals surface area contributed by atoms with Gasteiger partial charge in [0.25, 0.3) is 11.8 Å². The Hall–Kier alpha value is -5.07. The number of nitrogens with zero attached hydrogens (tertiary/aromatic N) is 4. The average molecular weight is 802 g/mol. The second-order valence-corrected chi connectivity index (χ2v) is 17.5. The van der Waals surface area contributed by atoms with Crippen molar-refractivity contribution >= 4 is 44.7 Å². The molecule has 2 aliphatic carbocycles. The molecule has 2 aliphatic heterocycles. The van der Waals surface area contributed by atoms with E-state index in [0.29, 0.717) is 49.8 Å². The fourth-order valence-electron chi connectivity index (χ4n) is 7.21. The second kappa shape index (κ2) is 14.5. The lowest BCUT2D eigenvalue weighted by Crippen LogP contribution is -2.58. The smallest absolute Gasteiger partial charge is 0.438 e. The average Bonchev–Trinajstić information content (AvgIpc) is 3.97. The van der Waals surface area contributed by atoms with Gasteiger partial charge in [0, 0.05) is 17.9 Å². The SMILES string of the molecule is Cc1onc(C(=O)N[C@H]2CCCCCC=C[C@@H]3C[C@@]3(C(=O)NS(=O)(=O)C3(C)CC3)NC(=O)[C@@H]3C[C@@H](Oc4nc5ccccc5nc4C(F)(F)F)CN3C2=O)c1C. The molecule has 15 nitrogen and oxygen atoms in total. The van der Waals surface area contributed by atoms with Crippen LogP contribution >= 0.6 is 0 Å². The first-order valence-corrected chi connectivity index (χ1v) is 20.0. The second-order valence-electron chi connectivity index (χ2n) is 15.3. The van der Waals surface area contributed by atoms with Crippen molar-refractivity contribution < 1.29 is 50.0 Å². The Morgan fingerprint density at radius 3 is 2.45 bits per heavy atom. The third kappa shape index (κ3) is 7.56. The van der Waals surface area contributed by atoms with Crippen molar-refractivity contribution in [1.29, 1.82) is 0 Å². The van der Waals surface area contributed by atoms with Gasteiger partial charge in [-0.05, 0) is 71.4 Å². The van der Waals surface area contributed by atoms with Crippen LogP contribution in [0.3, 0.4) is 0 Å². The zero-order valence-electron chi connectivity index (χ0n) is 30.9. The molecule has 1 saturated heterocycles. The number of hydrogen-bond acceptors (Lipinski definition) is 11. The van der Waals surface area contributed by atoms with E-state index in [1.165, 1.54) is 25.1 Å². The number of amides is 4. The zero-order chi connectivity index (χ0) is 40.2. The molecule has 4 heterocycles. The van der Waals surface area contributed by atoms with Crippen molar-refractivity contribution in [3.8, 4) is 5.88 Å². The minimum atomic E-state index is -4.97. The number of nitrogens with one attached hydrogen (secondary N) is 3. The molecule has 0 radical (unpaired) electrons. The van der Waals surface area contributed by atoms with E-state index >= 15 is 0 Å². The van der Waals surface area contributed by atoms with Crippen LogP contribution in [0.4, 0.5) is 13.2 Å². The fourth-order valence-corrected chi connectivity index (χ4v) is 8.52. The molecule has 0 bridgehead atoms. The quantitative estimate of drug-likeness (QED) is 0.294. The molecule has 3 fully saturated rings. The number of halogens is 3. The van der Waals surface area contributed by atoms with Crippen molar-refractivity contribution in [2.24, 2.45) is 5.92 Å². The standard InChI is InChI=1S/C37H42F3N7O8S/c1-20-21(2)55-45-28(20)31(49)42-26-14-8-6-4-5-7-11-22-18-36(22,34(51)46-56(52,53)35(3)15-16-35)44-30(48)27-17-23(19-47(27)33(26)50)54-32-29(37(38,39)40)41-24-12-9-10-13-25(24)43-32/h7,9-13,22-23,26-27H,4-6,8,14-19H2,1-3H3,(H,42,49)(H,44,48)(H,46,51)/t22-,23-,26+,27+,36-/m1/s1. The summed E-state index contributed by atoms with van der Waals surface area (Å²) in [5.74, 6) is -4.21. The number of benzene rings is 1. The minimum Gasteiger partial charge on any atom is -0.471 e. The van der Waals surface area contributed by atoms with Gasteiger partial charge >= 0.3 is 6.18 Å². The monoisotopic (exact) mass is 801 g/mol. The van der Waals surface area contributed by atoms with Crippen LogP contribution in [-0.4, -0.2) is 87.1 Å². The van der Waals surface area contributed by atoms with Crippen LogP contribution in [0.1, 0.15) is 92.2 Å². The van der Waals surface area contributed by atoms with Crippen LogP contribution in [0.15, 0.2) is 40.9 Å². The number of allylic oxidation sites excluding steroid dienone is 1. The Morgan fingerprint density at radius 2 is 1.79 bits per heavy atom. The highest BCUT2D eigenvalue weighted by Crippen LogP contribution is 2.47. The van der Waals surface area contributed by atoms with Crippen LogP contribution in [-0.2, 0) is 30.6 Å². The van der Waals surface area contributed by atoms with E-state index in [9.17, 15) is 40.8 Å². The Labute approximate surface area is 320 Å². The maximum atomic E-state index is 14.5. The molecule has 7 rings (SSSR count). The number of alkyl halides is 3. The number of fused-ring (bicyclic) bond motifs is 3. The molecular weight excluding hydrogens is 760 g/mol. The largest absolute Gasteiger partial charge is 0.471 e. The maximum absolute atomic E-state index is 14.5. The van der Waals surface area contributed by atoms with Crippen molar-refractivity contribution in [3.05, 3.63) is 59.1 Å². The van der Waals surface area contributed by atoms with Gasteiger partial charge in [0.05, 0.1) is 22.3 Å². The number of carbonyl (C=O) groups is 4. The van der Waals surface area contributed by atoms with Gasteiger partial charge < -0.3 is 24.8 Å². The Bertz CT molecular complexity index is 2220. The summed E-state index contributed by atoms with van der Waals surface area (Å²) in [5.41, 5.74) is -2.55. The molecule has 4 amide bonds. The number of sulfonamides is 1. The molecule has 300 valence electrons. The highest BCUT2D eigenvalue weighted by molar-refractivity contribution is 7.91. The number of hydrogen-bond donors (Lipinski definition) is 3. The first-order chi connectivity index (χ1) is 26.4. The third-order valence-corrected chi connectivity index (χ3v) is 13.4. The van der Waals surface area contributed by atoms with E-state index in [-0.39, 0.29) is 36.0 Å². The van der Waals surface area contributed by atoms with E-state index in [4.69, 9.17) is 9.26 Å². The van der Waals surface area contributed by atoms with Gasteiger partial charge in [-0.3, -0.25) is 23.9 Å². The number of aromatic nitrogens is 3. The Morgan fingerprint density at radius 1 is 1.07 bits per heavy atom. The van der Waals surface area contributed by atoms with Gasteiger partial charge in [0.15, 0.2) is 5.69 Å². The molecule has 4 aliphatic rings. The molecule has 3 aromatic rings. The molecule has 0 unspecified atom stereocenters. The van der Waals surface area contributed by atoms with Crippen molar-refractivity contribution in [2.45, 2.75) is 113 Å². The van der Waals surface area contributed by atoms with Crippen LogP contribution in [0.2, 0.25) is 0 Å². The first kappa shape index (κ1) is 39.2. The molecule has 19 heteroatoms. The number of carbonyl (C=O) groups excluding carboxylic acids is 4. The van der Waals surface area contributed by atoms with Gasteiger partial charge in [-0.1, -0.05) is 42.3 Å². The molecule has 2 aromatic heterocycles. The van der Waals surface area contributed by atoms with Crippen molar-refractivity contribution in [2.75, 3.05) is 6.54 Å². The summed E-state index contributed by atoms with van der Waals surface area (Å²) >= 11 is 0. The molecular formula is C37H42F3N7O8S. The summed E-state index contributed by atoms with van der Waals surface area (Å²) in [4.78, 5) is 65.1. The number of para-hydroxylation sites is 2. The van der Waals surface area contributed by atoms with Crippen LogP contribution in [0, 0.1) is 19.8 Å². The highest BCUT2D eigenvalue weighted by Gasteiger charge is 2.63. The summed E-state index contributed by atoms with van der Waals surface area (Å²) in [6, 6.07) is 3.31. The van der Waals surface area contributed by atoms with E-state index in [1.54, 1.807) is 26.0 Å². The number of rotatable bonds is 7. The maximum Gasteiger partial charge on any atom is 0.438 e. The summed E-state index contributed by atoms with van der Waals surface area (Å²) in [6.07, 6.45) is 0.471. The number of aryl methyl sites for hydroxylation is 1. The lowest BCUT2D eigenvalue weighted by molar-refractivity contribution is -0.143. The van der Waals surface area contributed by atoms with E-state index in [2.05, 4.69) is 30.5 Å². The third-order valence-electron chi connectivity index (χ3n) is 11.2. The molecule has 2 saturated carbocycles. The summed E-state index contributed by atoms with van der Waals surface area (Å²) in [6.45, 7) is 4.38. The molecule has 1 aromatic carbocycles. The van der Waals surface area contributed by atoms with Gasteiger partial charge in [-0.15, -0.1) is 0 Å². The van der Waals surface area contributed by atoms with Crippen molar-refractivity contribution in [3.63, 3.8) is 0 Å². The van der Waals surface area contributed by atoms with Crippen LogP contribution in [0.5, 0.6) is 5.88 Å². The Kier molecular flexibility index (Phi) is 10.1. The van der Waals surface area contributed by atoms with E-state index < -0.39 is 92.3 Å². The summed E-state index contributed by atoms with van der Waals surface area (Å²) in [7, 11) is -4.09. The lowest BCUT2D eigenvalue weighted by atomic mass is 10.0. The Balaban J connectivity index is 1.23. The van der Waals surface area contributed by atoms with Gasteiger partial charge in [-0.2, -0.15) is 13.2 Å². The number of ether oxygens (including phenoxy) is 1. The zero-order valence-corrected chi connectivity index (χ0v) is 31.8. The minimum absolute atomic E-state index is 0.0220. The fraction of sp³-hybridized carbons (Fsp3) is 0.541. The van der Waals surface area contributed by atoms with Crippen molar-refractivity contribution in [1.82, 2.24) is 35.4 Å². The van der Waals surface area contributed by atoms with Crippen LogP contribution < -0.4 is 20.1 Å². The molecule has 56 heavy (non-hydrogen) atoms. The molecule has 0 spiro atoms. The first-order valence-electron chi connectivity index (χ1n) is 18.5. The van der Waals surface area contributed by atoms with Gasteiger partial charge in [0.2, 0.25) is 33.4 Å². The normalized spacial score (nSPS) is 26.6.